The second kappa shape index (κ2) is 8.74. The van der Waals surface area contributed by atoms with Gasteiger partial charge < -0.3 is 0 Å². The van der Waals surface area contributed by atoms with E-state index >= 15 is 0 Å². The van der Waals surface area contributed by atoms with E-state index in [2.05, 4.69) is 10.5 Å². The van der Waals surface area contributed by atoms with Crippen LogP contribution in [0.1, 0.15) is 25.0 Å². The van der Waals surface area contributed by atoms with Crippen LogP contribution < -0.4 is 5.43 Å². The molecule has 9 heteroatoms. The fourth-order valence-electron chi connectivity index (χ4n) is 2.46. The first-order valence-electron chi connectivity index (χ1n) is 8.44. The number of hydrazone groups is 1. The second-order valence-corrected chi connectivity index (χ2v) is 7.74. The monoisotopic (exact) mass is 390 g/mol. The van der Waals surface area contributed by atoms with Crippen molar-refractivity contribution in [1.82, 2.24) is 4.31 Å². The van der Waals surface area contributed by atoms with E-state index in [-0.39, 0.29) is 29.4 Å². The van der Waals surface area contributed by atoms with Crippen LogP contribution in [0, 0.1) is 17.0 Å². The minimum atomic E-state index is -3.78. The van der Waals surface area contributed by atoms with Crippen LogP contribution in [-0.2, 0) is 10.0 Å². The molecule has 0 amide bonds. The molecule has 0 aliphatic heterocycles. The van der Waals surface area contributed by atoms with Crippen molar-refractivity contribution in [2.45, 2.75) is 25.7 Å². The molecule has 8 nitrogen and oxygen atoms in total. The number of nitro groups is 1. The standard InChI is InChI=1S/C18H22N4O4S/c1-4-21(5-2)27(25,26)16-10-11-17(18(12-16)22(23)24)20-19-13-15-8-6-14(3)7-9-15/h6-13,20H,4-5H2,1-3H3/b19-13+. The molecule has 1 N–H and O–H groups in total. The summed E-state index contributed by atoms with van der Waals surface area (Å²) in [4.78, 5) is 10.6. The van der Waals surface area contributed by atoms with Gasteiger partial charge in [0.1, 0.15) is 5.69 Å². The molecule has 0 radical (unpaired) electrons. The summed E-state index contributed by atoms with van der Waals surface area (Å²) in [5.41, 5.74) is 4.31. The van der Waals surface area contributed by atoms with Crippen LogP contribution in [0.2, 0.25) is 0 Å². The highest BCUT2D eigenvalue weighted by atomic mass is 32.2. The molecule has 0 aliphatic carbocycles. The van der Waals surface area contributed by atoms with Crippen LogP contribution in [0.4, 0.5) is 11.4 Å². The van der Waals surface area contributed by atoms with Gasteiger partial charge in [0.25, 0.3) is 5.69 Å². The number of hydrogen-bond acceptors (Lipinski definition) is 6. The maximum Gasteiger partial charge on any atom is 0.295 e. The Balaban J connectivity index is 2.30. The lowest BCUT2D eigenvalue weighted by molar-refractivity contribution is -0.384. The van der Waals surface area contributed by atoms with E-state index in [0.29, 0.717) is 0 Å². The summed E-state index contributed by atoms with van der Waals surface area (Å²) in [5, 5.41) is 15.4. The van der Waals surface area contributed by atoms with Gasteiger partial charge in [0.2, 0.25) is 10.0 Å². The molecule has 2 rings (SSSR count). The van der Waals surface area contributed by atoms with E-state index in [1.807, 2.05) is 31.2 Å². The number of nitrogens with zero attached hydrogens (tertiary/aromatic N) is 3. The highest BCUT2D eigenvalue weighted by Gasteiger charge is 2.25. The van der Waals surface area contributed by atoms with Gasteiger partial charge in [-0.1, -0.05) is 43.7 Å². The maximum absolute atomic E-state index is 12.6. The fourth-order valence-corrected chi connectivity index (χ4v) is 3.94. The smallest absolute Gasteiger partial charge is 0.272 e. The molecular weight excluding hydrogens is 368 g/mol. The molecule has 0 saturated heterocycles. The largest absolute Gasteiger partial charge is 0.295 e. The van der Waals surface area contributed by atoms with E-state index < -0.39 is 14.9 Å². The maximum atomic E-state index is 12.6. The van der Waals surface area contributed by atoms with E-state index in [9.17, 15) is 18.5 Å². The summed E-state index contributed by atoms with van der Waals surface area (Å²) in [6.07, 6.45) is 1.53. The number of sulfonamides is 1. The van der Waals surface area contributed by atoms with E-state index in [1.54, 1.807) is 13.8 Å². The first-order valence-corrected chi connectivity index (χ1v) is 9.88. The zero-order valence-corrected chi connectivity index (χ0v) is 16.2. The van der Waals surface area contributed by atoms with Crippen molar-refractivity contribution in [1.29, 1.82) is 0 Å². The van der Waals surface area contributed by atoms with Crippen molar-refractivity contribution in [3.63, 3.8) is 0 Å². The highest BCUT2D eigenvalue weighted by Crippen LogP contribution is 2.29. The topological polar surface area (TPSA) is 105 Å². The Bertz CT molecular complexity index is 936. The Morgan fingerprint density at radius 1 is 1.15 bits per heavy atom. The number of nitrogens with one attached hydrogen (secondary N) is 1. The number of benzene rings is 2. The van der Waals surface area contributed by atoms with Crippen LogP contribution in [0.5, 0.6) is 0 Å². The molecule has 0 unspecified atom stereocenters. The molecule has 0 heterocycles. The molecule has 0 atom stereocenters. The predicted octanol–water partition coefficient (Wildman–Crippen LogP) is 3.38. The van der Waals surface area contributed by atoms with Crippen LogP contribution >= 0.6 is 0 Å². The zero-order chi connectivity index (χ0) is 20.0. The van der Waals surface area contributed by atoms with Crippen LogP contribution in [-0.4, -0.2) is 37.0 Å². The van der Waals surface area contributed by atoms with Crippen molar-refractivity contribution in [3.8, 4) is 0 Å². The lowest BCUT2D eigenvalue weighted by atomic mass is 10.2. The van der Waals surface area contributed by atoms with Gasteiger partial charge in [0, 0.05) is 19.2 Å². The molecular formula is C18H22N4O4S. The number of hydrogen-bond donors (Lipinski definition) is 1. The number of anilines is 1. The van der Waals surface area contributed by atoms with Gasteiger partial charge in [0.15, 0.2) is 0 Å². The lowest BCUT2D eigenvalue weighted by Gasteiger charge is -2.18. The van der Waals surface area contributed by atoms with Gasteiger partial charge in [-0.05, 0) is 24.6 Å². The predicted molar refractivity (Wildman–Crippen MR) is 106 cm³/mol. The Morgan fingerprint density at radius 2 is 1.78 bits per heavy atom. The molecule has 2 aromatic carbocycles. The SMILES string of the molecule is CCN(CC)S(=O)(=O)c1ccc(N/N=C/c2ccc(C)cc2)c([N+](=O)[O-])c1. The number of rotatable bonds is 8. The molecule has 0 fully saturated rings. The molecule has 0 aromatic heterocycles. The van der Waals surface area contributed by atoms with Crippen molar-refractivity contribution >= 4 is 27.6 Å². The normalized spacial score (nSPS) is 11.9. The first kappa shape index (κ1) is 20.5. The van der Waals surface area contributed by atoms with E-state index in [1.165, 1.54) is 22.7 Å². The number of nitro benzene ring substituents is 1. The third-order valence-corrected chi connectivity index (χ3v) is 6.03. The van der Waals surface area contributed by atoms with Gasteiger partial charge in [0.05, 0.1) is 16.0 Å². The highest BCUT2D eigenvalue weighted by molar-refractivity contribution is 7.89. The third kappa shape index (κ3) is 4.89. The van der Waals surface area contributed by atoms with Gasteiger partial charge in [-0.2, -0.15) is 9.41 Å². The fraction of sp³-hybridized carbons (Fsp3) is 0.278. The van der Waals surface area contributed by atoms with Crippen LogP contribution in [0.15, 0.2) is 52.5 Å². The Kier molecular flexibility index (Phi) is 6.65. The second-order valence-electron chi connectivity index (χ2n) is 5.81. The summed E-state index contributed by atoms with van der Waals surface area (Å²) in [6, 6.07) is 11.3. The Hall–Kier alpha value is -2.78. The van der Waals surface area contributed by atoms with Crippen molar-refractivity contribution in [3.05, 3.63) is 63.7 Å². The minimum absolute atomic E-state index is 0.113. The van der Waals surface area contributed by atoms with Crippen LogP contribution in [0.25, 0.3) is 0 Å². The van der Waals surface area contributed by atoms with Crippen molar-refractivity contribution in [2.24, 2.45) is 5.10 Å². The molecule has 0 spiro atoms. The molecule has 27 heavy (non-hydrogen) atoms. The average Bonchev–Trinajstić information content (AvgIpc) is 2.64. The van der Waals surface area contributed by atoms with Gasteiger partial charge in [-0.15, -0.1) is 0 Å². The summed E-state index contributed by atoms with van der Waals surface area (Å²) in [5.74, 6) is 0. The third-order valence-electron chi connectivity index (χ3n) is 3.99. The molecule has 144 valence electrons. The molecule has 2 aromatic rings. The van der Waals surface area contributed by atoms with E-state index in [4.69, 9.17) is 0 Å². The summed E-state index contributed by atoms with van der Waals surface area (Å²) in [7, 11) is -3.78. The summed E-state index contributed by atoms with van der Waals surface area (Å²) < 4.78 is 26.4. The van der Waals surface area contributed by atoms with Gasteiger partial charge in [-0.3, -0.25) is 15.5 Å². The molecule has 0 bridgehead atoms. The first-order chi connectivity index (χ1) is 12.8. The summed E-state index contributed by atoms with van der Waals surface area (Å²) >= 11 is 0. The van der Waals surface area contributed by atoms with Gasteiger partial charge in [-0.25, -0.2) is 8.42 Å². The van der Waals surface area contributed by atoms with E-state index in [0.717, 1.165) is 17.2 Å². The molecule has 0 aliphatic rings. The summed E-state index contributed by atoms with van der Waals surface area (Å²) in [6.45, 7) is 5.97. The Morgan fingerprint density at radius 3 is 2.33 bits per heavy atom. The van der Waals surface area contributed by atoms with Crippen LogP contribution in [0.3, 0.4) is 0 Å². The minimum Gasteiger partial charge on any atom is -0.272 e. The number of aryl methyl sites for hydroxylation is 1. The zero-order valence-electron chi connectivity index (χ0n) is 15.4. The Labute approximate surface area is 158 Å². The molecule has 0 saturated carbocycles. The lowest BCUT2D eigenvalue weighted by Crippen LogP contribution is -2.30. The van der Waals surface area contributed by atoms with Gasteiger partial charge >= 0.3 is 0 Å². The average molecular weight is 390 g/mol. The van der Waals surface area contributed by atoms with Crippen molar-refractivity contribution in [2.75, 3.05) is 18.5 Å². The quantitative estimate of drug-likeness (QED) is 0.423. The van der Waals surface area contributed by atoms with Crippen molar-refractivity contribution < 1.29 is 13.3 Å².